The summed E-state index contributed by atoms with van der Waals surface area (Å²) >= 11 is 0. The van der Waals surface area contributed by atoms with Crippen molar-refractivity contribution >= 4 is 12.0 Å². The van der Waals surface area contributed by atoms with E-state index < -0.39 is 11.5 Å². The van der Waals surface area contributed by atoms with E-state index in [-0.39, 0.29) is 12.1 Å². The van der Waals surface area contributed by atoms with E-state index >= 15 is 0 Å². The zero-order chi connectivity index (χ0) is 13.2. The third kappa shape index (κ3) is 3.11. The van der Waals surface area contributed by atoms with Crippen LogP contribution in [0.5, 0.6) is 0 Å². The molecule has 1 aliphatic rings. The van der Waals surface area contributed by atoms with Crippen molar-refractivity contribution in [2.45, 2.75) is 52.1 Å². The number of nitrogens with one attached hydrogen (secondary N) is 1. The van der Waals surface area contributed by atoms with Crippen LogP contribution in [0.1, 0.15) is 40.5 Å². The third-order valence-corrected chi connectivity index (χ3v) is 3.44. The molecule has 1 aliphatic carbocycles. The standard InChI is InChI=1S/C12H22N2O3/c1-5-14(12(3,4)10(15)16)11(17)13-8(2)9-6-7-9/h8-9H,5-7H2,1-4H3,(H,13,17)(H,15,16). The van der Waals surface area contributed by atoms with E-state index in [0.29, 0.717) is 12.5 Å². The monoisotopic (exact) mass is 242 g/mol. The summed E-state index contributed by atoms with van der Waals surface area (Å²) < 4.78 is 0. The highest BCUT2D eigenvalue weighted by Gasteiger charge is 2.38. The van der Waals surface area contributed by atoms with Crippen molar-refractivity contribution in [1.82, 2.24) is 10.2 Å². The topological polar surface area (TPSA) is 69.6 Å². The first-order valence-corrected chi connectivity index (χ1v) is 6.12. The molecule has 5 heteroatoms. The van der Waals surface area contributed by atoms with Crippen LogP contribution in [0.3, 0.4) is 0 Å². The van der Waals surface area contributed by atoms with Gasteiger partial charge in [-0.1, -0.05) is 0 Å². The molecule has 2 N–H and O–H groups in total. The Hall–Kier alpha value is -1.26. The largest absolute Gasteiger partial charge is 0.480 e. The quantitative estimate of drug-likeness (QED) is 0.770. The number of carboxylic acid groups (broad SMARTS) is 1. The number of aliphatic carboxylic acids is 1. The van der Waals surface area contributed by atoms with E-state index in [0.717, 1.165) is 12.8 Å². The van der Waals surface area contributed by atoms with Gasteiger partial charge < -0.3 is 15.3 Å². The molecule has 0 aromatic carbocycles. The van der Waals surface area contributed by atoms with Crippen molar-refractivity contribution in [2.75, 3.05) is 6.54 Å². The molecule has 0 spiro atoms. The van der Waals surface area contributed by atoms with Gasteiger partial charge in [-0.05, 0) is 46.5 Å². The summed E-state index contributed by atoms with van der Waals surface area (Å²) in [4.78, 5) is 24.5. The number of hydrogen-bond acceptors (Lipinski definition) is 2. The van der Waals surface area contributed by atoms with Gasteiger partial charge in [0, 0.05) is 12.6 Å². The van der Waals surface area contributed by atoms with Crippen LogP contribution >= 0.6 is 0 Å². The molecule has 98 valence electrons. The molecule has 1 saturated carbocycles. The van der Waals surface area contributed by atoms with Crippen LogP contribution in [0, 0.1) is 5.92 Å². The summed E-state index contributed by atoms with van der Waals surface area (Å²) in [5, 5.41) is 12.0. The second-order valence-electron chi connectivity index (χ2n) is 5.18. The van der Waals surface area contributed by atoms with Crippen molar-refractivity contribution in [3.8, 4) is 0 Å². The van der Waals surface area contributed by atoms with Crippen LogP contribution in [-0.2, 0) is 4.79 Å². The number of likely N-dealkylation sites (N-methyl/N-ethyl adjacent to an activating group) is 1. The summed E-state index contributed by atoms with van der Waals surface area (Å²) in [6, 6.07) is -0.166. The predicted octanol–water partition coefficient (Wildman–Crippen LogP) is 1.68. The van der Waals surface area contributed by atoms with Gasteiger partial charge in [0.15, 0.2) is 0 Å². The average molecular weight is 242 g/mol. The molecule has 0 bridgehead atoms. The molecule has 17 heavy (non-hydrogen) atoms. The first kappa shape index (κ1) is 13.8. The lowest BCUT2D eigenvalue weighted by molar-refractivity contribution is -0.147. The molecule has 0 heterocycles. The highest BCUT2D eigenvalue weighted by molar-refractivity contribution is 5.85. The number of carboxylic acids is 1. The summed E-state index contributed by atoms with van der Waals surface area (Å²) in [6.07, 6.45) is 2.30. The smallest absolute Gasteiger partial charge is 0.329 e. The Morgan fingerprint density at radius 1 is 1.47 bits per heavy atom. The van der Waals surface area contributed by atoms with Gasteiger partial charge in [0.2, 0.25) is 0 Å². The Morgan fingerprint density at radius 2 is 2.00 bits per heavy atom. The van der Waals surface area contributed by atoms with E-state index in [9.17, 15) is 9.59 Å². The Balaban J connectivity index is 2.65. The highest BCUT2D eigenvalue weighted by Crippen LogP contribution is 2.32. The number of nitrogens with zero attached hydrogens (tertiary/aromatic N) is 1. The highest BCUT2D eigenvalue weighted by atomic mass is 16.4. The minimum Gasteiger partial charge on any atom is -0.480 e. The lowest BCUT2D eigenvalue weighted by Gasteiger charge is -2.35. The fourth-order valence-electron chi connectivity index (χ4n) is 1.89. The van der Waals surface area contributed by atoms with Crippen molar-refractivity contribution in [3.63, 3.8) is 0 Å². The van der Waals surface area contributed by atoms with Crippen molar-refractivity contribution in [1.29, 1.82) is 0 Å². The first-order valence-electron chi connectivity index (χ1n) is 6.12. The zero-order valence-corrected chi connectivity index (χ0v) is 11.0. The normalized spacial score (nSPS) is 17.4. The summed E-state index contributed by atoms with van der Waals surface area (Å²) in [5.74, 6) is -0.431. The van der Waals surface area contributed by atoms with Gasteiger partial charge in [0.05, 0.1) is 0 Å². The van der Waals surface area contributed by atoms with Gasteiger partial charge >= 0.3 is 12.0 Å². The SMILES string of the molecule is CCN(C(=O)NC(C)C1CC1)C(C)(C)C(=O)O. The summed E-state index contributed by atoms with van der Waals surface area (Å²) in [7, 11) is 0. The predicted molar refractivity (Wildman–Crippen MR) is 64.8 cm³/mol. The molecule has 0 aromatic rings. The van der Waals surface area contributed by atoms with Crippen LogP contribution in [0.15, 0.2) is 0 Å². The molecule has 0 saturated heterocycles. The third-order valence-electron chi connectivity index (χ3n) is 3.44. The second-order valence-corrected chi connectivity index (χ2v) is 5.18. The molecule has 1 unspecified atom stereocenters. The van der Waals surface area contributed by atoms with E-state index in [1.165, 1.54) is 4.90 Å². The molecule has 0 radical (unpaired) electrons. The molecule has 5 nitrogen and oxygen atoms in total. The number of carbonyl (C=O) groups excluding carboxylic acids is 1. The Morgan fingerprint density at radius 3 is 2.35 bits per heavy atom. The molecular weight excluding hydrogens is 220 g/mol. The lowest BCUT2D eigenvalue weighted by atomic mass is 10.0. The van der Waals surface area contributed by atoms with Crippen LogP contribution in [0.4, 0.5) is 4.79 Å². The number of amides is 2. The average Bonchev–Trinajstić information content (AvgIpc) is 3.00. The molecule has 0 aromatic heterocycles. The van der Waals surface area contributed by atoms with Crippen LogP contribution in [-0.4, -0.2) is 40.1 Å². The number of rotatable bonds is 5. The lowest BCUT2D eigenvalue weighted by Crippen LogP contribution is -2.57. The summed E-state index contributed by atoms with van der Waals surface area (Å²) in [6.45, 7) is 7.21. The van der Waals surface area contributed by atoms with Gasteiger partial charge in [-0.2, -0.15) is 0 Å². The van der Waals surface area contributed by atoms with Crippen LogP contribution in [0.25, 0.3) is 0 Å². The van der Waals surface area contributed by atoms with Gasteiger partial charge in [-0.15, -0.1) is 0 Å². The van der Waals surface area contributed by atoms with Crippen LogP contribution < -0.4 is 5.32 Å². The first-order chi connectivity index (χ1) is 7.80. The second kappa shape index (κ2) is 4.94. The maximum absolute atomic E-state index is 12.0. The number of urea groups is 1. The van der Waals surface area contributed by atoms with E-state index in [4.69, 9.17) is 5.11 Å². The number of carbonyl (C=O) groups is 2. The van der Waals surface area contributed by atoms with Gasteiger partial charge in [0.25, 0.3) is 0 Å². The van der Waals surface area contributed by atoms with Crippen LogP contribution in [0.2, 0.25) is 0 Å². The van der Waals surface area contributed by atoms with Crippen molar-refractivity contribution in [3.05, 3.63) is 0 Å². The van der Waals surface area contributed by atoms with E-state index in [2.05, 4.69) is 5.32 Å². The zero-order valence-electron chi connectivity index (χ0n) is 11.0. The molecule has 1 atom stereocenters. The Labute approximate surface area is 102 Å². The Bertz CT molecular complexity index is 311. The fraction of sp³-hybridized carbons (Fsp3) is 0.833. The molecule has 2 amide bonds. The maximum Gasteiger partial charge on any atom is 0.329 e. The van der Waals surface area contributed by atoms with E-state index in [1.807, 2.05) is 6.92 Å². The number of hydrogen-bond donors (Lipinski definition) is 2. The molecular formula is C12H22N2O3. The molecule has 1 rings (SSSR count). The minimum absolute atomic E-state index is 0.126. The van der Waals surface area contributed by atoms with Gasteiger partial charge in [-0.3, -0.25) is 0 Å². The van der Waals surface area contributed by atoms with Gasteiger partial charge in [0.1, 0.15) is 5.54 Å². The maximum atomic E-state index is 12.0. The molecule has 0 aliphatic heterocycles. The van der Waals surface area contributed by atoms with E-state index in [1.54, 1.807) is 20.8 Å². The minimum atomic E-state index is -1.18. The fourth-order valence-corrected chi connectivity index (χ4v) is 1.89. The Kier molecular flexibility index (Phi) is 4.01. The van der Waals surface area contributed by atoms with Gasteiger partial charge in [-0.25, -0.2) is 9.59 Å². The molecule has 1 fully saturated rings. The van der Waals surface area contributed by atoms with Crippen molar-refractivity contribution in [2.24, 2.45) is 5.92 Å². The summed E-state index contributed by atoms with van der Waals surface area (Å²) in [5.41, 5.74) is -1.18. The van der Waals surface area contributed by atoms with Crippen molar-refractivity contribution < 1.29 is 14.7 Å².